The number of halogens is 3. The second kappa shape index (κ2) is 9.28. The lowest BCUT2D eigenvalue weighted by molar-refractivity contribution is -0.170. The molecular weight excluding hydrogens is 389 g/mol. The molecule has 0 heterocycles. The number of carbonyl (C=O) groups is 3. The molecule has 6 nitrogen and oxygen atoms in total. The van der Waals surface area contributed by atoms with Gasteiger partial charge in [-0.25, -0.2) is 0 Å². The lowest BCUT2D eigenvalue weighted by Gasteiger charge is -2.30. The smallest absolute Gasteiger partial charge is 0.406 e. The summed E-state index contributed by atoms with van der Waals surface area (Å²) in [5, 5.41) is 2.37. The van der Waals surface area contributed by atoms with Gasteiger partial charge in [-0.2, -0.15) is 13.2 Å². The molecule has 160 valence electrons. The number of esters is 1. The van der Waals surface area contributed by atoms with E-state index in [2.05, 4.69) is 5.32 Å². The largest absolute Gasteiger partial charge is 0.454 e. The summed E-state index contributed by atoms with van der Waals surface area (Å²) >= 11 is 0. The predicted molar refractivity (Wildman–Crippen MR) is 99.2 cm³/mol. The van der Waals surface area contributed by atoms with E-state index in [4.69, 9.17) is 4.74 Å². The van der Waals surface area contributed by atoms with Crippen LogP contribution in [0.2, 0.25) is 0 Å². The first-order chi connectivity index (χ1) is 13.5. The van der Waals surface area contributed by atoms with Gasteiger partial charge in [0.25, 0.3) is 11.8 Å². The van der Waals surface area contributed by atoms with Crippen LogP contribution >= 0.6 is 0 Å². The van der Waals surface area contributed by atoms with Crippen molar-refractivity contribution in [2.75, 3.05) is 19.7 Å². The van der Waals surface area contributed by atoms with E-state index in [1.54, 1.807) is 25.1 Å². The van der Waals surface area contributed by atoms with Crippen LogP contribution in [0.5, 0.6) is 0 Å². The number of nitrogens with zero attached hydrogens (tertiary/aromatic N) is 1. The fourth-order valence-corrected chi connectivity index (χ4v) is 2.90. The summed E-state index contributed by atoms with van der Waals surface area (Å²) in [5.74, 6) is -2.26. The minimum Gasteiger partial charge on any atom is -0.454 e. The van der Waals surface area contributed by atoms with E-state index < -0.39 is 49.7 Å². The maximum atomic E-state index is 12.8. The van der Waals surface area contributed by atoms with Gasteiger partial charge in [-0.05, 0) is 62.8 Å². The van der Waals surface area contributed by atoms with Crippen LogP contribution in [0.4, 0.5) is 13.2 Å². The van der Waals surface area contributed by atoms with Crippen LogP contribution in [0, 0.1) is 19.8 Å². The van der Waals surface area contributed by atoms with Crippen LogP contribution in [0.25, 0.3) is 0 Å². The van der Waals surface area contributed by atoms with Crippen molar-refractivity contribution in [1.82, 2.24) is 10.2 Å². The van der Waals surface area contributed by atoms with Crippen molar-refractivity contribution in [1.29, 1.82) is 0 Å². The number of hydrogen-bond acceptors (Lipinski definition) is 4. The Bertz CT molecular complexity index is 775. The first-order valence-electron chi connectivity index (χ1n) is 9.35. The lowest BCUT2D eigenvalue weighted by Crippen LogP contribution is -2.47. The second-order valence-corrected chi connectivity index (χ2v) is 7.36. The van der Waals surface area contributed by atoms with Gasteiger partial charge in [-0.1, -0.05) is 6.07 Å². The van der Waals surface area contributed by atoms with Crippen LogP contribution < -0.4 is 5.32 Å². The van der Waals surface area contributed by atoms with E-state index in [-0.39, 0.29) is 5.92 Å². The molecule has 1 aromatic carbocycles. The molecule has 1 saturated carbocycles. The quantitative estimate of drug-likeness (QED) is 0.664. The highest BCUT2D eigenvalue weighted by Gasteiger charge is 2.40. The van der Waals surface area contributed by atoms with Crippen molar-refractivity contribution < 1.29 is 32.3 Å². The molecule has 2 rings (SSSR count). The van der Waals surface area contributed by atoms with Crippen LogP contribution in [0.3, 0.4) is 0 Å². The molecule has 1 N–H and O–H groups in total. The third-order valence-corrected chi connectivity index (χ3v) is 4.98. The van der Waals surface area contributed by atoms with Gasteiger partial charge in [0.05, 0.1) is 0 Å². The fraction of sp³-hybridized carbons (Fsp3) is 0.550. The maximum Gasteiger partial charge on any atom is 0.406 e. The Balaban J connectivity index is 1.83. The standard InChI is InChI=1S/C20H25F3N2O4/c1-12-4-5-16(8-13(12)2)19(28)24-9-18(27)29-10-17(26)25(11-20(21,22)23)14(3)15-6-7-15/h4-5,8,14-15H,6-7,9-11H2,1-3H3,(H,24,28)/t14-/m0/s1. The SMILES string of the molecule is Cc1ccc(C(=O)NCC(=O)OCC(=O)N(CC(F)(F)F)[C@@H](C)C2CC2)cc1C. The number of carbonyl (C=O) groups excluding carboxylic acids is 3. The van der Waals surface area contributed by atoms with Crippen molar-refractivity contribution >= 4 is 17.8 Å². The van der Waals surface area contributed by atoms with E-state index in [1.165, 1.54) is 0 Å². The Hall–Kier alpha value is -2.58. The summed E-state index contributed by atoms with van der Waals surface area (Å²) in [6.45, 7) is 2.64. The number of ether oxygens (including phenoxy) is 1. The first kappa shape index (κ1) is 22.7. The number of amides is 2. The average molecular weight is 414 g/mol. The molecule has 2 amide bonds. The van der Waals surface area contributed by atoms with Gasteiger partial charge in [-0.15, -0.1) is 0 Å². The number of alkyl halides is 3. The van der Waals surface area contributed by atoms with Gasteiger partial charge < -0.3 is 15.0 Å². The molecule has 1 aliphatic rings. The summed E-state index contributed by atoms with van der Waals surface area (Å²) in [5.41, 5.74) is 2.30. The van der Waals surface area contributed by atoms with Gasteiger partial charge in [-0.3, -0.25) is 14.4 Å². The highest BCUT2D eigenvalue weighted by molar-refractivity contribution is 5.96. The zero-order chi connectivity index (χ0) is 21.8. The summed E-state index contributed by atoms with van der Waals surface area (Å²) < 4.78 is 43.1. The molecule has 9 heteroatoms. The zero-order valence-corrected chi connectivity index (χ0v) is 16.6. The highest BCUT2D eigenvalue weighted by atomic mass is 19.4. The van der Waals surface area contributed by atoms with E-state index in [9.17, 15) is 27.6 Å². The Morgan fingerprint density at radius 3 is 2.41 bits per heavy atom. The second-order valence-electron chi connectivity index (χ2n) is 7.36. The molecule has 0 bridgehead atoms. The van der Waals surface area contributed by atoms with Crippen molar-refractivity contribution in [3.05, 3.63) is 34.9 Å². The molecule has 0 spiro atoms. The number of benzene rings is 1. The summed E-state index contributed by atoms with van der Waals surface area (Å²) in [7, 11) is 0. The normalized spacial score (nSPS) is 14.8. The van der Waals surface area contributed by atoms with Crippen molar-refractivity contribution in [2.45, 2.75) is 45.8 Å². The average Bonchev–Trinajstić information content (AvgIpc) is 3.48. The van der Waals surface area contributed by atoms with Gasteiger partial charge in [0.1, 0.15) is 13.1 Å². The monoisotopic (exact) mass is 414 g/mol. The maximum absolute atomic E-state index is 12.8. The van der Waals surface area contributed by atoms with E-state index in [1.807, 2.05) is 13.8 Å². The summed E-state index contributed by atoms with van der Waals surface area (Å²) in [4.78, 5) is 36.8. The van der Waals surface area contributed by atoms with Crippen molar-refractivity contribution in [3.63, 3.8) is 0 Å². The summed E-state index contributed by atoms with van der Waals surface area (Å²) in [6.07, 6.45) is -3.00. The van der Waals surface area contributed by atoms with Crippen LogP contribution in [-0.4, -0.2) is 54.6 Å². The molecule has 1 aliphatic carbocycles. The fourth-order valence-electron chi connectivity index (χ4n) is 2.90. The van der Waals surface area contributed by atoms with E-state index >= 15 is 0 Å². The van der Waals surface area contributed by atoms with Crippen LogP contribution in [-0.2, 0) is 14.3 Å². The lowest BCUT2D eigenvalue weighted by atomic mass is 10.1. The topological polar surface area (TPSA) is 75.7 Å². The molecule has 0 unspecified atom stereocenters. The van der Waals surface area contributed by atoms with E-state index in [0.717, 1.165) is 24.0 Å². The van der Waals surface area contributed by atoms with E-state index in [0.29, 0.717) is 10.5 Å². The zero-order valence-electron chi connectivity index (χ0n) is 16.6. The number of aryl methyl sites for hydroxylation is 2. The predicted octanol–water partition coefficient (Wildman–Crippen LogP) is 2.77. The Labute approximate surface area is 167 Å². The minimum atomic E-state index is -4.54. The van der Waals surface area contributed by atoms with Crippen LogP contribution in [0.1, 0.15) is 41.3 Å². The minimum absolute atomic E-state index is 0.0363. The summed E-state index contributed by atoms with van der Waals surface area (Å²) in [6, 6.07) is 4.49. The Morgan fingerprint density at radius 2 is 1.86 bits per heavy atom. The highest BCUT2D eigenvalue weighted by Crippen LogP contribution is 2.36. The van der Waals surface area contributed by atoms with Gasteiger partial charge in [0.2, 0.25) is 0 Å². The Morgan fingerprint density at radius 1 is 1.21 bits per heavy atom. The van der Waals surface area contributed by atoms with Crippen LogP contribution in [0.15, 0.2) is 18.2 Å². The van der Waals surface area contributed by atoms with Crippen molar-refractivity contribution in [2.24, 2.45) is 5.92 Å². The molecule has 1 fully saturated rings. The molecule has 0 aromatic heterocycles. The van der Waals surface area contributed by atoms with Gasteiger partial charge in [0, 0.05) is 11.6 Å². The Kier molecular flexibility index (Phi) is 7.26. The molecule has 0 aliphatic heterocycles. The molecule has 1 atom stereocenters. The number of nitrogens with one attached hydrogen (secondary N) is 1. The van der Waals surface area contributed by atoms with Crippen molar-refractivity contribution in [3.8, 4) is 0 Å². The third kappa shape index (κ3) is 7.07. The molecular formula is C20H25F3N2O4. The first-order valence-corrected chi connectivity index (χ1v) is 9.35. The van der Waals surface area contributed by atoms with Gasteiger partial charge in [0.15, 0.2) is 6.61 Å². The molecule has 29 heavy (non-hydrogen) atoms. The number of rotatable bonds is 8. The van der Waals surface area contributed by atoms with Gasteiger partial charge >= 0.3 is 12.1 Å². The molecule has 0 saturated heterocycles. The molecule has 1 aromatic rings. The number of hydrogen-bond donors (Lipinski definition) is 1. The third-order valence-electron chi connectivity index (χ3n) is 4.98. The molecule has 0 radical (unpaired) electrons.